The molecule has 2 unspecified atom stereocenters. The van der Waals surface area contributed by atoms with E-state index in [0.717, 1.165) is 37.3 Å². The second-order valence-corrected chi connectivity index (χ2v) is 13.1. The van der Waals surface area contributed by atoms with Gasteiger partial charge in [0, 0.05) is 61.1 Å². The van der Waals surface area contributed by atoms with Gasteiger partial charge in [-0.05, 0) is 51.9 Å². The molecule has 0 spiro atoms. The van der Waals surface area contributed by atoms with E-state index in [0.29, 0.717) is 36.0 Å². The fourth-order valence-electron chi connectivity index (χ4n) is 6.01. The molecular formula is C38H45N4O11-3. The highest BCUT2D eigenvalue weighted by atomic mass is 16.5. The van der Waals surface area contributed by atoms with Crippen molar-refractivity contribution >= 4 is 17.9 Å². The van der Waals surface area contributed by atoms with Crippen LogP contribution in [0.15, 0.2) is 81.8 Å². The largest absolute Gasteiger partial charge is 0.550 e. The third kappa shape index (κ3) is 13.2. The molecule has 0 amide bonds. The molecule has 2 aliphatic heterocycles. The molecule has 2 fully saturated rings. The lowest BCUT2D eigenvalue weighted by Crippen LogP contribution is -2.54. The molecule has 15 heteroatoms. The number of carboxylic acid groups (broad SMARTS) is 3. The average Bonchev–Trinajstić information content (AvgIpc) is 3.85. The van der Waals surface area contributed by atoms with E-state index >= 15 is 0 Å². The minimum absolute atomic E-state index is 0.575. The van der Waals surface area contributed by atoms with E-state index in [9.17, 15) is 39.9 Å². The Morgan fingerprint density at radius 3 is 1.32 bits per heavy atom. The van der Waals surface area contributed by atoms with Crippen LogP contribution in [0.5, 0.6) is 0 Å². The van der Waals surface area contributed by atoms with Crippen molar-refractivity contribution in [2.24, 2.45) is 0 Å². The maximum absolute atomic E-state index is 10.3. The van der Waals surface area contributed by atoms with Gasteiger partial charge in [-0.15, -0.1) is 0 Å². The molecule has 0 saturated carbocycles. The molecule has 2 saturated heterocycles. The van der Waals surface area contributed by atoms with Crippen LogP contribution in [-0.4, -0.2) is 98.2 Å². The summed E-state index contributed by atoms with van der Waals surface area (Å²) in [4.78, 5) is 34.6. The number of likely N-dealkylation sites (tertiary alicyclic amines) is 2. The Morgan fingerprint density at radius 1 is 0.642 bits per heavy atom. The summed E-state index contributed by atoms with van der Waals surface area (Å²) in [6, 6.07) is 23.3. The number of aliphatic carboxylic acids is 3. The van der Waals surface area contributed by atoms with Crippen molar-refractivity contribution in [1.29, 1.82) is 0 Å². The Bertz CT molecular complexity index is 1590. The maximum Gasteiger partial charge on any atom is 0.167 e. The third-order valence-electron chi connectivity index (χ3n) is 8.87. The molecule has 3 N–H and O–H groups in total. The van der Waals surface area contributed by atoms with E-state index in [1.54, 1.807) is 0 Å². The van der Waals surface area contributed by atoms with Crippen LogP contribution in [0.2, 0.25) is 0 Å². The standard InChI is InChI=1S/2C16H20N2O2.C6H8O7/c2*19-15(12-18-9-5-2-6-10-18)14-11-16(20-17-14)13-7-3-1-4-8-13;7-3(8)1-6(13,5(11)12)2-4(9)10/h2*1,3-4,7-8,11,15,19H,2,5-6,9-10,12H2;13H,1-2H2,(H,7,8)(H,9,10)(H,11,12)/p-3. The van der Waals surface area contributed by atoms with Crippen LogP contribution in [0.1, 0.15) is 75.0 Å². The van der Waals surface area contributed by atoms with Crippen LogP contribution in [0.25, 0.3) is 22.6 Å². The van der Waals surface area contributed by atoms with Crippen LogP contribution in [-0.2, 0) is 14.4 Å². The summed E-state index contributed by atoms with van der Waals surface area (Å²) in [7, 11) is 0. The summed E-state index contributed by atoms with van der Waals surface area (Å²) >= 11 is 0. The molecule has 0 bridgehead atoms. The topological polar surface area (TPSA) is 240 Å². The van der Waals surface area contributed by atoms with E-state index < -0.39 is 48.6 Å². The zero-order valence-electron chi connectivity index (χ0n) is 29.4. The van der Waals surface area contributed by atoms with Crippen LogP contribution in [0.3, 0.4) is 0 Å². The minimum Gasteiger partial charge on any atom is -0.550 e. The zero-order chi connectivity index (χ0) is 38.2. The molecule has 15 nitrogen and oxygen atoms in total. The van der Waals surface area contributed by atoms with E-state index in [1.165, 1.54) is 38.5 Å². The summed E-state index contributed by atoms with van der Waals surface area (Å²) in [5, 5.41) is 67.5. The fraction of sp³-hybridized carbons (Fsp3) is 0.447. The molecule has 4 heterocycles. The van der Waals surface area contributed by atoms with Crippen LogP contribution < -0.4 is 15.3 Å². The molecule has 53 heavy (non-hydrogen) atoms. The van der Waals surface area contributed by atoms with E-state index in [1.807, 2.05) is 72.8 Å². The van der Waals surface area contributed by atoms with Gasteiger partial charge in [0.15, 0.2) is 11.5 Å². The first kappa shape index (κ1) is 40.8. The quantitative estimate of drug-likeness (QED) is 0.169. The van der Waals surface area contributed by atoms with Crippen molar-refractivity contribution in [1.82, 2.24) is 20.1 Å². The number of piperidine rings is 2. The first-order chi connectivity index (χ1) is 25.4. The molecule has 6 rings (SSSR count). The Labute approximate surface area is 307 Å². The van der Waals surface area contributed by atoms with Gasteiger partial charge >= 0.3 is 0 Å². The number of hydrogen-bond acceptors (Lipinski definition) is 15. The van der Waals surface area contributed by atoms with Crippen molar-refractivity contribution in [2.75, 3.05) is 39.3 Å². The summed E-state index contributed by atoms with van der Waals surface area (Å²) in [5.74, 6) is -4.57. The predicted molar refractivity (Wildman–Crippen MR) is 184 cm³/mol. The van der Waals surface area contributed by atoms with E-state index in [4.69, 9.17) is 14.2 Å². The van der Waals surface area contributed by atoms with Crippen molar-refractivity contribution < 1.29 is 54.1 Å². The number of carbonyl (C=O) groups is 3. The number of rotatable bonds is 13. The highest BCUT2D eigenvalue weighted by Crippen LogP contribution is 2.25. The van der Waals surface area contributed by atoms with Crippen molar-refractivity contribution in [3.8, 4) is 22.6 Å². The van der Waals surface area contributed by atoms with Gasteiger partial charge in [0.2, 0.25) is 0 Å². The number of nitrogens with zero attached hydrogens (tertiary/aromatic N) is 4. The van der Waals surface area contributed by atoms with Crippen molar-refractivity contribution in [2.45, 2.75) is 69.2 Å². The molecular weight excluding hydrogens is 688 g/mol. The Balaban J connectivity index is 0.000000183. The highest BCUT2D eigenvalue weighted by molar-refractivity contribution is 5.86. The molecule has 4 aromatic rings. The SMILES string of the molecule is O=C([O-])CC(O)(CC(=O)[O-])C(=O)[O-].OC(CN1CCCCC1)c1cc(-c2ccccc2)on1.OC(CN1CCCCC1)c1cc(-c2ccccc2)on1. The number of benzene rings is 2. The summed E-state index contributed by atoms with van der Waals surface area (Å²) in [6.45, 7) is 5.56. The number of carboxylic acids is 3. The Kier molecular flexibility index (Phi) is 15.7. The van der Waals surface area contributed by atoms with Crippen LogP contribution in [0, 0.1) is 0 Å². The number of carbonyl (C=O) groups excluding carboxylic acids is 3. The minimum atomic E-state index is -2.97. The van der Waals surface area contributed by atoms with E-state index in [-0.39, 0.29) is 0 Å². The van der Waals surface area contributed by atoms with Crippen LogP contribution in [0.4, 0.5) is 0 Å². The molecule has 2 aromatic heterocycles. The van der Waals surface area contributed by atoms with Crippen molar-refractivity contribution in [3.63, 3.8) is 0 Å². The number of aliphatic hydroxyl groups is 3. The molecule has 2 aromatic carbocycles. The van der Waals surface area contributed by atoms with Gasteiger partial charge in [-0.3, -0.25) is 0 Å². The highest BCUT2D eigenvalue weighted by Gasteiger charge is 2.29. The first-order valence-electron chi connectivity index (χ1n) is 17.6. The van der Waals surface area contributed by atoms with Crippen molar-refractivity contribution in [3.05, 3.63) is 84.2 Å². The van der Waals surface area contributed by atoms with Gasteiger partial charge < -0.3 is 63.9 Å². The third-order valence-corrected chi connectivity index (χ3v) is 8.87. The average molecular weight is 734 g/mol. The molecule has 286 valence electrons. The first-order valence-corrected chi connectivity index (χ1v) is 17.6. The lowest BCUT2D eigenvalue weighted by atomic mass is 9.96. The van der Waals surface area contributed by atoms with Gasteiger partial charge in [0.25, 0.3) is 0 Å². The van der Waals surface area contributed by atoms with Gasteiger partial charge in [0.1, 0.15) is 29.2 Å². The number of aliphatic hydroxyl groups excluding tert-OH is 2. The molecule has 2 aliphatic rings. The summed E-state index contributed by atoms with van der Waals surface area (Å²) < 4.78 is 10.7. The number of aromatic nitrogens is 2. The number of β-amino-alcohol motifs (C(OH)–C–C–N with tert-alkyl or cyclic N) is 2. The normalized spacial score (nSPS) is 16.3. The molecule has 2 atom stereocenters. The second-order valence-electron chi connectivity index (χ2n) is 13.1. The predicted octanol–water partition coefficient (Wildman–Crippen LogP) is 0.469. The smallest absolute Gasteiger partial charge is 0.167 e. The lowest BCUT2D eigenvalue weighted by Gasteiger charge is -2.29. The van der Waals surface area contributed by atoms with Gasteiger partial charge in [-0.25, -0.2) is 0 Å². The molecule has 0 radical (unpaired) electrons. The Hall–Kier alpha value is -4.93. The lowest BCUT2D eigenvalue weighted by molar-refractivity contribution is -0.339. The number of hydrogen-bond donors (Lipinski definition) is 3. The van der Waals surface area contributed by atoms with Gasteiger partial charge in [0.05, 0.1) is 5.97 Å². The summed E-state index contributed by atoms with van der Waals surface area (Å²) in [6.07, 6.45) is 3.63. The monoisotopic (exact) mass is 733 g/mol. The summed E-state index contributed by atoms with van der Waals surface area (Å²) in [5.41, 5.74) is 0.231. The molecule has 0 aliphatic carbocycles. The second kappa shape index (κ2) is 20.3. The fourth-order valence-corrected chi connectivity index (χ4v) is 6.01. The zero-order valence-corrected chi connectivity index (χ0v) is 29.4. The van der Waals surface area contributed by atoms with Gasteiger partial charge in [-0.2, -0.15) is 0 Å². The van der Waals surface area contributed by atoms with Gasteiger partial charge in [-0.1, -0.05) is 83.8 Å². The van der Waals surface area contributed by atoms with Crippen LogP contribution >= 0.6 is 0 Å². The maximum atomic E-state index is 10.3. The van der Waals surface area contributed by atoms with E-state index in [2.05, 4.69) is 20.1 Å². The Morgan fingerprint density at radius 2 is 1.00 bits per heavy atom.